The predicted molar refractivity (Wildman–Crippen MR) is 272 cm³/mol. The van der Waals surface area contributed by atoms with Crippen LogP contribution in [0, 0.1) is 0 Å². The molecule has 2 nitrogen and oxygen atoms in total. The number of furan rings is 1. The summed E-state index contributed by atoms with van der Waals surface area (Å²) in [5.41, 5.74) is 13.7. The molecule has 0 radical (unpaired) electrons. The van der Waals surface area contributed by atoms with Crippen LogP contribution >= 0.6 is 0 Å². The molecule has 12 aromatic rings. The minimum absolute atomic E-state index is 0.905. The molecule has 0 unspecified atom stereocenters. The Hall–Kier alpha value is -7.98. The van der Waals surface area contributed by atoms with Crippen LogP contribution in [0.15, 0.2) is 253 Å². The summed E-state index contributed by atoms with van der Waals surface area (Å²) in [5.74, 6) is 0. The molecule has 0 saturated heterocycles. The van der Waals surface area contributed by atoms with Gasteiger partial charge in [-0.05, 0) is 121 Å². The van der Waals surface area contributed by atoms with Gasteiger partial charge in [0, 0.05) is 27.2 Å². The molecule has 0 amide bonds. The summed E-state index contributed by atoms with van der Waals surface area (Å²) < 4.78 is 8.74. The molecule has 0 aliphatic carbocycles. The van der Waals surface area contributed by atoms with E-state index in [-0.39, 0.29) is 0 Å². The molecule has 302 valence electrons. The summed E-state index contributed by atoms with van der Waals surface area (Å²) in [4.78, 5) is 0. The molecule has 0 spiro atoms. The van der Waals surface area contributed by atoms with Gasteiger partial charge in [0.2, 0.25) is 0 Å². The number of aromatic nitrogens is 1. The van der Waals surface area contributed by atoms with Gasteiger partial charge in [-0.25, -0.2) is 0 Å². The predicted octanol–water partition coefficient (Wildman–Crippen LogP) is 13.9. The zero-order valence-corrected chi connectivity index (χ0v) is 36.2. The SMILES string of the molecule is c1ccc(-c2cc(-c3ccccc3)cc(-n3c4ccc(C[Si](c5ccccc5)(c5ccccc5)c5ccccc5)cc4c4cc(-c5ccc6oc7ccccc7c6c5)ccc43)c2)cc1. The maximum atomic E-state index is 6.26. The maximum Gasteiger partial charge on any atom is 0.152 e. The van der Waals surface area contributed by atoms with Gasteiger partial charge in [0.05, 0.1) is 11.0 Å². The first-order valence-electron chi connectivity index (χ1n) is 22.1. The molecule has 0 N–H and O–H groups in total. The smallest absolute Gasteiger partial charge is 0.152 e. The Kier molecular flexibility index (Phi) is 9.28. The Morgan fingerprint density at radius 3 is 1.34 bits per heavy atom. The Morgan fingerprint density at radius 2 is 0.766 bits per heavy atom. The highest BCUT2D eigenvalue weighted by molar-refractivity contribution is 7.11. The van der Waals surface area contributed by atoms with E-state index in [1.54, 1.807) is 0 Å². The topological polar surface area (TPSA) is 18.1 Å². The number of nitrogens with zero attached hydrogens (tertiary/aromatic N) is 1. The fourth-order valence-corrected chi connectivity index (χ4v) is 14.9. The highest BCUT2D eigenvalue weighted by atomic mass is 28.3. The van der Waals surface area contributed by atoms with E-state index in [9.17, 15) is 0 Å². The summed E-state index contributed by atoms with van der Waals surface area (Å²) in [6.45, 7) is 0. The third-order valence-corrected chi connectivity index (χ3v) is 18.1. The molecule has 0 fully saturated rings. The lowest BCUT2D eigenvalue weighted by Crippen LogP contribution is -2.68. The first-order valence-corrected chi connectivity index (χ1v) is 24.3. The largest absolute Gasteiger partial charge is 0.456 e. The van der Waals surface area contributed by atoms with Gasteiger partial charge in [0.15, 0.2) is 8.07 Å². The van der Waals surface area contributed by atoms with Gasteiger partial charge in [-0.3, -0.25) is 0 Å². The number of hydrogen-bond acceptors (Lipinski definition) is 1. The Morgan fingerprint density at radius 1 is 0.312 bits per heavy atom. The quantitative estimate of drug-likeness (QED) is 0.105. The van der Waals surface area contributed by atoms with Crippen molar-refractivity contribution in [3.63, 3.8) is 0 Å². The van der Waals surface area contributed by atoms with Crippen molar-refractivity contribution in [1.82, 2.24) is 4.57 Å². The van der Waals surface area contributed by atoms with E-state index in [2.05, 4.69) is 247 Å². The second-order valence-corrected chi connectivity index (χ2v) is 20.8. The van der Waals surface area contributed by atoms with E-state index < -0.39 is 8.07 Å². The molecular formula is C61H43NOSi. The van der Waals surface area contributed by atoms with E-state index >= 15 is 0 Å². The molecule has 10 aromatic carbocycles. The Labute approximate surface area is 374 Å². The van der Waals surface area contributed by atoms with Crippen LogP contribution in [-0.4, -0.2) is 12.6 Å². The van der Waals surface area contributed by atoms with Crippen LogP contribution in [0.4, 0.5) is 0 Å². The zero-order chi connectivity index (χ0) is 42.5. The van der Waals surface area contributed by atoms with Crippen molar-refractivity contribution in [1.29, 1.82) is 0 Å². The number of para-hydroxylation sites is 1. The zero-order valence-electron chi connectivity index (χ0n) is 35.2. The van der Waals surface area contributed by atoms with Crippen molar-refractivity contribution in [2.24, 2.45) is 0 Å². The highest BCUT2D eigenvalue weighted by Gasteiger charge is 2.39. The lowest BCUT2D eigenvalue weighted by atomic mass is 9.98. The van der Waals surface area contributed by atoms with Gasteiger partial charge in [0.1, 0.15) is 11.2 Å². The van der Waals surface area contributed by atoms with Crippen LogP contribution in [0.25, 0.3) is 82.8 Å². The number of benzene rings is 10. The summed E-state index contributed by atoms with van der Waals surface area (Å²) in [5, 5.41) is 8.96. The molecule has 0 bridgehead atoms. The van der Waals surface area contributed by atoms with Crippen molar-refractivity contribution >= 4 is 67.4 Å². The Bertz CT molecular complexity index is 3460. The van der Waals surface area contributed by atoms with Crippen molar-refractivity contribution < 1.29 is 4.42 Å². The van der Waals surface area contributed by atoms with Gasteiger partial charge in [-0.15, -0.1) is 0 Å². The van der Waals surface area contributed by atoms with Crippen LogP contribution in [0.1, 0.15) is 5.56 Å². The van der Waals surface area contributed by atoms with E-state index in [0.717, 1.165) is 33.7 Å². The van der Waals surface area contributed by atoms with Crippen LogP contribution in [-0.2, 0) is 6.04 Å². The van der Waals surface area contributed by atoms with Gasteiger partial charge in [-0.2, -0.15) is 0 Å². The van der Waals surface area contributed by atoms with Gasteiger partial charge >= 0.3 is 0 Å². The molecule has 12 rings (SSSR count). The van der Waals surface area contributed by atoms with E-state index in [1.165, 1.54) is 76.3 Å². The molecule has 2 aromatic heterocycles. The van der Waals surface area contributed by atoms with Crippen molar-refractivity contribution in [3.8, 4) is 39.1 Å². The lowest BCUT2D eigenvalue weighted by molar-refractivity contribution is 0.669. The van der Waals surface area contributed by atoms with Gasteiger partial charge < -0.3 is 8.98 Å². The Balaban J connectivity index is 1.11. The summed E-state index contributed by atoms with van der Waals surface area (Å²) in [6, 6.07) is 92.5. The first-order chi connectivity index (χ1) is 31.7. The van der Waals surface area contributed by atoms with E-state index in [0.29, 0.717) is 0 Å². The molecular weight excluding hydrogens is 791 g/mol. The first kappa shape index (κ1) is 37.8. The normalized spacial score (nSPS) is 11.8. The molecule has 0 aliphatic heterocycles. The van der Waals surface area contributed by atoms with Crippen LogP contribution in [0.3, 0.4) is 0 Å². The van der Waals surface area contributed by atoms with E-state index in [4.69, 9.17) is 4.42 Å². The molecule has 2 heterocycles. The minimum Gasteiger partial charge on any atom is -0.456 e. The molecule has 3 heteroatoms. The van der Waals surface area contributed by atoms with Crippen molar-refractivity contribution in [2.45, 2.75) is 6.04 Å². The molecule has 0 atom stereocenters. The molecule has 0 saturated carbocycles. The summed E-state index contributed by atoms with van der Waals surface area (Å²) in [7, 11) is -2.59. The van der Waals surface area contributed by atoms with Crippen LogP contribution < -0.4 is 15.6 Å². The monoisotopic (exact) mass is 833 g/mol. The number of rotatable bonds is 9. The highest BCUT2D eigenvalue weighted by Crippen LogP contribution is 2.40. The van der Waals surface area contributed by atoms with Crippen molar-refractivity contribution in [2.75, 3.05) is 0 Å². The van der Waals surface area contributed by atoms with Crippen LogP contribution in [0.2, 0.25) is 0 Å². The maximum absolute atomic E-state index is 6.26. The lowest BCUT2D eigenvalue weighted by Gasteiger charge is -2.34. The molecule has 64 heavy (non-hydrogen) atoms. The molecule has 0 aliphatic rings. The summed E-state index contributed by atoms with van der Waals surface area (Å²) >= 11 is 0. The number of hydrogen-bond donors (Lipinski definition) is 0. The second kappa shape index (κ2) is 15.7. The van der Waals surface area contributed by atoms with Crippen LogP contribution in [0.5, 0.6) is 0 Å². The van der Waals surface area contributed by atoms with Gasteiger partial charge in [0.25, 0.3) is 0 Å². The standard InChI is InChI=1S/C61H43NOSi/c1-6-18-44(19-7-1)48-37-49(45-20-8-2-9-21-45)39-50(38-48)62-58-33-30-43(42-64(51-22-10-3-11-23-51,52-24-12-4-13-25-52)53-26-14-5-15-27-53)36-55(58)56-40-46(31-34-59(56)62)47-32-35-61-57(41-47)54-28-16-17-29-60(54)63-61/h1-41H,42H2. The van der Waals surface area contributed by atoms with Gasteiger partial charge in [-0.1, -0.05) is 188 Å². The third-order valence-electron chi connectivity index (χ3n) is 13.2. The summed E-state index contributed by atoms with van der Waals surface area (Å²) in [6.07, 6.45) is 0. The average molecular weight is 834 g/mol. The second-order valence-electron chi connectivity index (χ2n) is 16.9. The fraction of sp³-hybridized carbons (Fsp3) is 0.0164. The minimum atomic E-state index is -2.59. The average Bonchev–Trinajstić information content (AvgIpc) is 3.91. The fourth-order valence-electron chi connectivity index (χ4n) is 10.2. The third kappa shape index (κ3) is 6.48. The van der Waals surface area contributed by atoms with E-state index in [1.807, 2.05) is 6.07 Å². The number of fused-ring (bicyclic) bond motifs is 6. The van der Waals surface area contributed by atoms with Crippen molar-refractivity contribution in [3.05, 3.63) is 254 Å².